The summed E-state index contributed by atoms with van der Waals surface area (Å²) in [5.74, 6) is 1.13. The number of thioether (sulfide) groups is 1. The number of rotatable bonds is 10. The number of thiazole rings is 1. The van der Waals surface area contributed by atoms with E-state index in [0.717, 1.165) is 10.6 Å². The van der Waals surface area contributed by atoms with Gasteiger partial charge in [0.25, 0.3) is 0 Å². The maximum Gasteiger partial charge on any atom is 0.226 e. The van der Waals surface area contributed by atoms with Gasteiger partial charge in [0, 0.05) is 23.1 Å². The van der Waals surface area contributed by atoms with Crippen LogP contribution in [0.25, 0.3) is 21.7 Å². The number of nitrogen functional groups attached to an aromatic ring is 1. The Morgan fingerprint density at radius 2 is 1.79 bits per heavy atom. The van der Waals surface area contributed by atoms with Crippen LogP contribution in [0, 0.1) is 22.7 Å². The van der Waals surface area contributed by atoms with Gasteiger partial charge in [-0.3, -0.25) is 4.79 Å². The van der Waals surface area contributed by atoms with Gasteiger partial charge in [0.1, 0.15) is 28.5 Å². The Hall–Kier alpha value is -4.30. The maximum absolute atomic E-state index is 12.6. The SMILES string of the molecule is COc1cc(-c2c(C#N)c(N)nc(SCCC(=O)Nc3nc(-c4cccs4)cs3)c2C#N)cc(OC)c1OC. The molecule has 39 heavy (non-hydrogen) atoms. The first-order valence-corrected chi connectivity index (χ1v) is 14.0. The fraction of sp³-hybridized carbons (Fsp3) is 0.192. The molecule has 0 atom stereocenters. The number of nitrogens with zero attached hydrogens (tertiary/aromatic N) is 4. The normalized spacial score (nSPS) is 10.4. The van der Waals surface area contributed by atoms with Crippen LogP contribution in [-0.4, -0.2) is 43.0 Å². The van der Waals surface area contributed by atoms with Crippen LogP contribution in [0.2, 0.25) is 0 Å². The molecule has 3 aromatic heterocycles. The fourth-order valence-corrected chi connectivity index (χ4v) is 6.13. The van der Waals surface area contributed by atoms with Gasteiger partial charge in [-0.1, -0.05) is 6.07 Å². The molecule has 198 valence electrons. The van der Waals surface area contributed by atoms with Crippen molar-refractivity contribution in [3.05, 3.63) is 46.2 Å². The summed E-state index contributed by atoms with van der Waals surface area (Å²) in [7, 11) is 4.42. The Morgan fingerprint density at radius 3 is 2.38 bits per heavy atom. The third-order valence-corrected chi connectivity index (χ3v) is 8.09. The highest BCUT2D eigenvalue weighted by atomic mass is 32.2. The van der Waals surface area contributed by atoms with Gasteiger partial charge in [-0.2, -0.15) is 10.5 Å². The van der Waals surface area contributed by atoms with Crippen molar-refractivity contribution in [2.45, 2.75) is 11.4 Å². The zero-order valence-electron chi connectivity index (χ0n) is 21.1. The van der Waals surface area contributed by atoms with E-state index < -0.39 is 0 Å². The van der Waals surface area contributed by atoms with Crippen molar-refractivity contribution in [1.82, 2.24) is 9.97 Å². The number of carbonyl (C=O) groups excluding carboxylic acids is 1. The summed E-state index contributed by atoms with van der Waals surface area (Å²) in [4.78, 5) is 22.3. The standard InChI is InChI=1S/C26H22N6O4S3/c1-34-18-9-14(10-19(35-2)23(18)36-3)22-15(11-27)24(29)32-25(16(22)12-28)38-8-6-21(33)31-26-30-17(13-39-26)20-5-4-7-37-20/h4-5,7,9-10,13H,6,8H2,1-3H3,(H2,29,32)(H,30,31,33). The lowest BCUT2D eigenvalue weighted by molar-refractivity contribution is -0.115. The van der Waals surface area contributed by atoms with E-state index in [1.54, 1.807) is 23.5 Å². The molecule has 0 fully saturated rings. The highest BCUT2D eigenvalue weighted by molar-refractivity contribution is 7.99. The average Bonchev–Trinajstić information content (AvgIpc) is 3.64. The van der Waals surface area contributed by atoms with Crippen LogP contribution >= 0.6 is 34.4 Å². The predicted molar refractivity (Wildman–Crippen MR) is 153 cm³/mol. The van der Waals surface area contributed by atoms with Gasteiger partial charge in [0.05, 0.1) is 37.5 Å². The first-order chi connectivity index (χ1) is 18.9. The van der Waals surface area contributed by atoms with Crippen LogP contribution in [0.4, 0.5) is 10.9 Å². The minimum atomic E-state index is -0.223. The number of hydrogen-bond acceptors (Lipinski definition) is 12. The number of thiophene rings is 1. The summed E-state index contributed by atoms with van der Waals surface area (Å²) < 4.78 is 16.3. The summed E-state index contributed by atoms with van der Waals surface area (Å²) in [6.07, 6.45) is 0.143. The average molecular weight is 579 g/mol. The number of nitrogens with one attached hydrogen (secondary N) is 1. The van der Waals surface area contributed by atoms with Gasteiger partial charge in [-0.25, -0.2) is 9.97 Å². The van der Waals surface area contributed by atoms with Gasteiger partial charge in [0.2, 0.25) is 11.7 Å². The number of anilines is 2. The van der Waals surface area contributed by atoms with E-state index in [0.29, 0.717) is 44.3 Å². The lowest BCUT2D eigenvalue weighted by Gasteiger charge is -2.17. The molecule has 4 rings (SSSR count). The topological polar surface area (TPSA) is 156 Å². The van der Waals surface area contributed by atoms with Crippen LogP contribution in [-0.2, 0) is 4.79 Å². The van der Waals surface area contributed by atoms with Gasteiger partial charge >= 0.3 is 0 Å². The van der Waals surface area contributed by atoms with Crippen molar-refractivity contribution in [2.75, 3.05) is 38.1 Å². The summed E-state index contributed by atoms with van der Waals surface area (Å²) >= 11 is 4.12. The molecule has 0 aliphatic carbocycles. The minimum absolute atomic E-state index is 0.0314. The molecule has 1 aromatic carbocycles. The molecule has 0 unspecified atom stereocenters. The lowest BCUT2D eigenvalue weighted by atomic mass is 9.96. The molecule has 0 spiro atoms. The monoisotopic (exact) mass is 578 g/mol. The number of nitriles is 2. The first-order valence-electron chi connectivity index (χ1n) is 11.3. The highest BCUT2D eigenvalue weighted by Crippen LogP contribution is 2.44. The molecule has 0 saturated carbocycles. The Kier molecular flexibility index (Phi) is 8.88. The molecule has 10 nitrogen and oxygen atoms in total. The summed E-state index contributed by atoms with van der Waals surface area (Å²) in [5, 5.41) is 27.4. The second kappa shape index (κ2) is 12.5. The van der Waals surface area contributed by atoms with E-state index in [-0.39, 0.29) is 29.3 Å². The number of amides is 1. The third kappa shape index (κ3) is 5.91. The van der Waals surface area contributed by atoms with Crippen molar-refractivity contribution >= 4 is 51.3 Å². The number of ether oxygens (including phenoxy) is 3. The van der Waals surface area contributed by atoms with Crippen LogP contribution in [0.15, 0.2) is 40.1 Å². The van der Waals surface area contributed by atoms with Crippen molar-refractivity contribution < 1.29 is 19.0 Å². The predicted octanol–water partition coefficient (Wildman–Crippen LogP) is 5.41. The zero-order valence-corrected chi connectivity index (χ0v) is 23.6. The van der Waals surface area contributed by atoms with E-state index in [4.69, 9.17) is 19.9 Å². The van der Waals surface area contributed by atoms with Gasteiger partial charge in [0.15, 0.2) is 16.6 Å². The first kappa shape index (κ1) is 27.7. The molecule has 0 aliphatic rings. The number of aromatic nitrogens is 2. The van der Waals surface area contributed by atoms with Crippen LogP contribution in [0.5, 0.6) is 17.2 Å². The van der Waals surface area contributed by atoms with E-state index >= 15 is 0 Å². The third-order valence-electron chi connectivity index (χ3n) is 5.46. The Bertz CT molecular complexity index is 1560. The van der Waals surface area contributed by atoms with Crippen molar-refractivity contribution in [2.24, 2.45) is 0 Å². The second-order valence-corrected chi connectivity index (χ2v) is 10.6. The van der Waals surface area contributed by atoms with Crippen molar-refractivity contribution in [3.8, 4) is 51.1 Å². The molecule has 1 amide bonds. The largest absolute Gasteiger partial charge is 0.493 e. The molecule has 0 aliphatic heterocycles. The quantitative estimate of drug-likeness (QED) is 0.233. The van der Waals surface area contributed by atoms with Crippen LogP contribution in [0.1, 0.15) is 17.5 Å². The van der Waals surface area contributed by atoms with Gasteiger partial charge in [-0.05, 0) is 29.1 Å². The number of methoxy groups -OCH3 is 3. The molecular weight excluding hydrogens is 557 g/mol. The molecule has 0 saturated heterocycles. The van der Waals surface area contributed by atoms with Crippen molar-refractivity contribution in [3.63, 3.8) is 0 Å². The number of carbonyl (C=O) groups is 1. The number of pyridine rings is 1. The van der Waals surface area contributed by atoms with E-state index in [2.05, 4.69) is 27.4 Å². The number of nitrogens with two attached hydrogens (primary N) is 1. The smallest absolute Gasteiger partial charge is 0.226 e. The zero-order chi connectivity index (χ0) is 27.9. The summed E-state index contributed by atoms with van der Waals surface area (Å²) in [5.41, 5.74) is 7.92. The van der Waals surface area contributed by atoms with E-state index in [1.165, 1.54) is 44.4 Å². The lowest BCUT2D eigenvalue weighted by Crippen LogP contribution is -2.12. The molecule has 0 bridgehead atoms. The maximum atomic E-state index is 12.6. The summed E-state index contributed by atoms with van der Waals surface area (Å²) in [6, 6.07) is 11.4. The molecule has 4 aromatic rings. The fourth-order valence-electron chi connectivity index (χ4n) is 3.71. The highest BCUT2D eigenvalue weighted by Gasteiger charge is 2.24. The molecular formula is C26H22N6O4S3. The summed E-state index contributed by atoms with van der Waals surface area (Å²) in [6.45, 7) is 0. The van der Waals surface area contributed by atoms with Crippen LogP contribution < -0.4 is 25.3 Å². The molecule has 13 heteroatoms. The van der Waals surface area contributed by atoms with Gasteiger partial charge in [-0.15, -0.1) is 34.4 Å². The number of hydrogen-bond donors (Lipinski definition) is 2. The minimum Gasteiger partial charge on any atom is -0.493 e. The molecule has 0 radical (unpaired) electrons. The Morgan fingerprint density at radius 1 is 1.08 bits per heavy atom. The van der Waals surface area contributed by atoms with E-state index in [9.17, 15) is 15.3 Å². The number of benzene rings is 1. The Balaban J connectivity index is 1.57. The van der Waals surface area contributed by atoms with E-state index in [1.807, 2.05) is 22.9 Å². The molecule has 3 heterocycles. The second-order valence-electron chi connectivity index (χ2n) is 7.73. The van der Waals surface area contributed by atoms with Crippen LogP contribution in [0.3, 0.4) is 0 Å². The molecule has 3 N–H and O–H groups in total. The van der Waals surface area contributed by atoms with Gasteiger partial charge < -0.3 is 25.3 Å². The Labute approximate surface area is 237 Å². The van der Waals surface area contributed by atoms with Crippen molar-refractivity contribution in [1.29, 1.82) is 10.5 Å².